The number of nitrogens with one attached hydrogen (secondary N) is 1. The van der Waals surface area contributed by atoms with E-state index in [1.165, 1.54) is 5.56 Å². The van der Waals surface area contributed by atoms with Crippen LogP contribution in [-0.4, -0.2) is 19.2 Å². The summed E-state index contributed by atoms with van der Waals surface area (Å²) in [5.74, 6) is 1.37. The van der Waals surface area contributed by atoms with Crippen LogP contribution in [0.5, 0.6) is 11.5 Å². The Morgan fingerprint density at radius 3 is 2.30 bits per heavy atom. The highest BCUT2D eigenvalue weighted by atomic mass is 16.5. The number of nitrogens with zero attached hydrogens (tertiary/aromatic N) is 1. The van der Waals surface area contributed by atoms with Gasteiger partial charge in [-0.2, -0.15) is 0 Å². The Hall–Kier alpha value is -2.75. The lowest BCUT2D eigenvalue weighted by molar-refractivity contribution is 0.356. The molecule has 0 fully saturated rings. The molecule has 23 heavy (non-hydrogen) atoms. The van der Waals surface area contributed by atoms with Gasteiger partial charge >= 0.3 is 0 Å². The first-order chi connectivity index (χ1) is 11.2. The maximum atomic E-state index is 5.40. The molecular weight excluding hydrogens is 288 g/mol. The first-order valence-electron chi connectivity index (χ1n) is 7.62. The summed E-state index contributed by atoms with van der Waals surface area (Å²) in [6.45, 7) is 2.15. The van der Waals surface area contributed by atoms with E-state index in [0.717, 1.165) is 28.7 Å². The average Bonchev–Trinajstić information content (AvgIpc) is 2.61. The van der Waals surface area contributed by atoms with E-state index in [1.807, 2.05) is 18.2 Å². The van der Waals surface area contributed by atoms with Crippen LogP contribution in [0.25, 0.3) is 10.9 Å². The lowest BCUT2D eigenvalue weighted by Gasteiger charge is -2.13. The van der Waals surface area contributed by atoms with Gasteiger partial charge in [0.05, 0.1) is 19.7 Å². The maximum Gasteiger partial charge on any atom is 0.162 e. The largest absolute Gasteiger partial charge is 0.493 e. The van der Waals surface area contributed by atoms with E-state index in [2.05, 4.69) is 41.5 Å². The van der Waals surface area contributed by atoms with Crippen molar-refractivity contribution in [3.8, 4) is 11.5 Å². The van der Waals surface area contributed by atoms with E-state index in [9.17, 15) is 0 Å². The predicted molar refractivity (Wildman–Crippen MR) is 93.9 cm³/mol. The zero-order valence-electron chi connectivity index (χ0n) is 13.6. The van der Waals surface area contributed by atoms with Gasteiger partial charge in [0.2, 0.25) is 0 Å². The molecule has 4 heteroatoms. The van der Waals surface area contributed by atoms with Crippen molar-refractivity contribution in [3.63, 3.8) is 0 Å². The summed E-state index contributed by atoms with van der Waals surface area (Å²) in [5.41, 5.74) is 4.21. The number of hydrogen-bond donors (Lipinski definition) is 1. The fraction of sp³-hybridized carbons (Fsp3) is 0.211. The maximum absolute atomic E-state index is 5.40. The molecule has 0 radical (unpaired) electrons. The zero-order valence-corrected chi connectivity index (χ0v) is 13.6. The van der Waals surface area contributed by atoms with Crippen molar-refractivity contribution >= 4 is 22.3 Å². The third-order valence-electron chi connectivity index (χ3n) is 3.89. The van der Waals surface area contributed by atoms with Gasteiger partial charge in [0.25, 0.3) is 0 Å². The van der Waals surface area contributed by atoms with Crippen LogP contribution in [0.15, 0.2) is 48.7 Å². The zero-order chi connectivity index (χ0) is 16.2. The Kier molecular flexibility index (Phi) is 4.33. The van der Waals surface area contributed by atoms with Gasteiger partial charge in [-0.3, -0.25) is 4.98 Å². The smallest absolute Gasteiger partial charge is 0.162 e. The Balaban J connectivity index is 2.02. The number of aromatic nitrogens is 1. The Labute approximate surface area is 136 Å². The molecular formula is C19H20N2O2. The second-order valence-electron chi connectivity index (χ2n) is 5.26. The molecule has 118 valence electrons. The number of methoxy groups -OCH3 is 2. The third-order valence-corrected chi connectivity index (χ3v) is 3.89. The fourth-order valence-corrected chi connectivity index (χ4v) is 2.56. The van der Waals surface area contributed by atoms with Crippen molar-refractivity contribution in [3.05, 3.63) is 54.2 Å². The van der Waals surface area contributed by atoms with Gasteiger partial charge in [0, 0.05) is 29.0 Å². The topological polar surface area (TPSA) is 43.4 Å². The van der Waals surface area contributed by atoms with Gasteiger partial charge in [0.15, 0.2) is 11.5 Å². The molecule has 0 aliphatic carbocycles. The van der Waals surface area contributed by atoms with Crippen LogP contribution in [-0.2, 0) is 6.42 Å². The summed E-state index contributed by atoms with van der Waals surface area (Å²) in [7, 11) is 3.26. The molecule has 0 spiro atoms. The van der Waals surface area contributed by atoms with Crippen molar-refractivity contribution in [1.82, 2.24) is 4.98 Å². The number of hydrogen-bond acceptors (Lipinski definition) is 4. The molecule has 1 heterocycles. The summed E-state index contributed by atoms with van der Waals surface area (Å²) in [6, 6.07) is 14.2. The van der Waals surface area contributed by atoms with Gasteiger partial charge in [-0.25, -0.2) is 0 Å². The molecule has 0 bridgehead atoms. The van der Waals surface area contributed by atoms with Gasteiger partial charge in [-0.1, -0.05) is 19.1 Å². The Morgan fingerprint density at radius 1 is 0.957 bits per heavy atom. The molecule has 3 aromatic rings. The average molecular weight is 308 g/mol. The Bertz CT molecular complexity index is 813. The standard InChI is InChI=1S/C19H20N2O2/c1-4-13-5-7-14(8-6-13)21-16-9-10-20-17-12-19(23-3)18(22-2)11-15(16)17/h5-12H,4H2,1-3H3,(H,20,21). The van der Waals surface area contributed by atoms with Crippen molar-refractivity contribution in [2.24, 2.45) is 0 Å². The van der Waals surface area contributed by atoms with Crippen LogP contribution in [0, 0.1) is 0 Å². The first kappa shape index (κ1) is 15.2. The van der Waals surface area contributed by atoms with E-state index in [-0.39, 0.29) is 0 Å². The van der Waals surface area contributed by atoms with Crippen LogP contribution in [0.1, 0.15) is 12.5 Å². The van der Waals surface area contributed by atoms with Crippen LogP contribution < -0.4 is 14.8 Å². The van der Waals surface area contributed by atoms with Crippen molar-refractivity contribution < 1.29 is 9.47 Å². The molecule has 3 rings (SSSR count). The summed E-state index contributed by atoms with van der Waals surface area (Å²) < 4.78 is 10.7. The van der Waals surface area contributed by atoms with E-state index in [0.29, 0.717) is 11.5 Å². The second-order valence-corrected chi connectivity index (χ2v) is 5.26. The number of rotatable bonds is 5. The summed E-state index contributed by atoms with van der Waals surface area (Å²) >= 11 is 0. The SMILES string of the molecule is CCc1ccc(Nc2ccnc3cc(OC)c(OC)cc23)cc1. The van der Waals surface area contributed by atoms with Gasteiger partial charge in [0.1, 0.15) is 0 Å². The molecule has 0 unspecified atom stereocenters. The normalized spacial score (nSPS) is 10.6. The molecule has 0 saturated carbocycles. The Morgan fingerprint density at radius 2 is 1.65 bits per heavy atom. The molecule has 0 atom stereocenters. The van der Waals surface area contributed by atoms with E-state index < -0.39 is 0 Å². The number of anilines is 2. The van der Waals surface area contributed by atoms with Gasteiger partial charge < -0.3 is 14.8 Å². The second kappa shape index (κ2) is 6.57. The number of fused-ring (bicyclic) bond motifs is 1. The van der Waals surface area contributed by atoms with E-state index in [4.69, 9.17) is 9.47 Å². The van der Waals surface area contributed by atoms with E-state index >= 15 is 0 Å². The van der Waals surface area contributed by atoms with Crippen molar-refractivity contribution in [2.75, 3.05) is 19.5 Å². The summed E-state index contributed by atoms with van der Waals surface area (Å²) in [4.78, 5) is 4.42. The number of aryl methyl sites for hydroxylation is 1. The number of ether oxygens (including phenoxy) is 2. The molecule has 0 aliphatic heterocycles. The summed E-state index contributed by atoms with van der Waals surface area (Å²) in [6.07, 6.45) is 2.83. The predicted octanol–water partition coefficient (Wildman–Crippen LogP) is 4.56. The minimum atomic E-state index is 0.678. The molecule has 0 aliphatic rings. The quantitative estimate of drug-likeness (QED) is 0.750. The summed E-state index contributed by atoms with van der Waals surface area (Å²) in [5, 5.41) is 4.44. The molecule has 0 amide bonds. The minimum Gasteiger partial charge on any atom is -0.493 e. The highest BCUT2D eigenvalue weighted by Crippen LogP contribution is 2.35. The fourth-order valence-electron chi connectivity index (χ4n) is 2.56. The molecule has 1 aromatic heterocycles. The van der Waals surface area contributed by atoms with Gasteiger partial charge in [-0.05, 0) is 36.2 Å². The lowest BCUT2D eigenvalue weighted by Crippen LogP contribution is -1.95. The minimum absolute atomic E-state index is 0.678. The molecule has 1 N–H and O–H groups in total. The highest BCUT2D eigenvalue weighted by Gasteiger charge is 2.10. The van der Waals surface area contributed by atoms with Gasteiger partial charge in [-0.15, -0.1) is 0 Å². The monoisotopic (exact) mass is 308 g/mol. The lowest BCUT2D eigenvalue weighted by atomic mass is 10.1. The van der Waals surface area contributed by atoms with Crippen LogP contribution in [0.3, 0.4) is 0 Å². The molecule has 2 aromatic carbocycles. The third kappa shape index (κ3) is 3.06. The van der Waals surface area contributed by atoms with E-state index in [1.54, 1.807) is 20.4 Å². The highest BCUT2D eigenvalue weighted by molar-refractivity contribution is 5.95. The molecule has 4 nitrogen and oxygen atoms in total. The van der Waals surface area contributed by atoms with Crippen molar-refractivity contribution in [1.29, 1.82) is 0 Å². The van der Waals surface area contributed by atoms with Crippen LogP contribution in [0.4, 0.5) is 11.4 Å². The van der Waals surface area contributed by atoms with Crippen LogP contribution in [0.2, 0.25) is 0 Å². The van der Waals surface area contributed by atoms with Crippen molar-refractivity contribution in [2.45, 2.75) is 13.3 Å². The number of pyridine rings is 1. The molecule has 0 saturated heterocycles. The first-order valence-corrected chi connectivity index (χ1v) is 7.62. The number of benzene rings is 2. The van der Waals surface area contributed by atoms with Crippen LogP contribution >= 0.6 is 0 Å².